The molecule has 1 heterocycles. The molecule has 0 aromatic carbocycles. The Morgan fingerprint density at radius 1 is 1.40 bits per heavy atom. The second-order valence-electron chi connectivity index (χ2n) is 4.64. The van der Waals surface area contributed by atoms with Gasteiger partial charge in [0.15, 0.2) is 0 Å². The van der Waals surface area contributed by atoms with E-state index in [1.165, 1.54) is 50.2 Å². The van der Waals surface area contributed by atoms with Gasteiger partial charge in [0.1, 0.15) is 0 Å². The van der Waals surface area contributed by atoms with Crippen LogP contribution in [0.5, 0.6) is 0 Å². The molecule has 0 spiro atoms. The summed E-state index contributed by atoms with van der Waals surface area (Å²) >= 11 is 2.06. The average Bonchev–Trinajstić information content (AvgIpc) is 2.25. The van der Waals surface area contributed by atoms with Crippen molar-refractivity contribution in [2.24, 2.45) is 5.73 Å². The molecule has 1 aliphatic rings. The highest BCUT2D eigenvalue weighted by Crippen LogP contribution is 2.19. The first kappa shape index (κ1) is 13.3. The Morgan fingerprint density at radius 3 is 2.87 bits per heavy atom. The Morgan fingerprint density at radius 2 is 2.20 bits per heavy atom. The van der Waals surface area contributed by atoms with Crippen LogP contribution in [0.1, 0.15) is 39.0 Å². The predicted octanol–water partition coefficient (Wildman–Crippen LogP) is 2.33. The van der Waals surface area contributed by atoms with E-state index in [4.69, 9.17) is 5.73 Å². The Labute approximate surface area is 99.0 Å². The van der Waals surface area contributed by atoms with Crippen molar-refractivity contribution in [1.82, 2.24) is 4.90 Å². The van der Waals surface area contributed by atoms with Gasteiger partial charge in [0.05, 0.1) is 0 Å². The fraction of sp³-hybridized carbons (Fsp3) is 1.00. The van der Waals surface area contributed by atoms with E-state index >= 15 is 0 Å². The number of thioether (sulfide) groups is 1. The van der Waals surface area contributed by atoms with Crippen LogP contribution in [0.15, 0.2) is 0 Å². The minimum atomic E-state index is 0.389. The fourth-order valence-electron chi connectivity index (χ4n) is 2.16. The number of nitrogens with zero attached hydrogens (tertiary/aromatic N) is 1. The zero-order chi connectivity index (χ0) is 11.1. The molecule has 0 amide bonds. The molecule has 1 rings (SSSR count). The number of rotatable bonds is 6. The molecule has 0 radical (unpaired) electrons. The molecular weight excluding hydrogens is 204 g/mol. The van der Waals surface area contributed by atoms with Crippen LogP contribution in [-0.2, 0) is 0 Å². The molecule has 3 heteroatoms. The lowest BCUT2D eigenvalue weighted by Crippen LogP contribution is -2.50. The topological polar surface area (TPSA) is 29.3 Å². The Kier molecular flexibility index (Phi) is 6.69. The molecule has 2 nitrogen and oxygen atoms in total. The van der Waals surface area contributed by atoms with Crippen LogP contribution in [-0.4, -0.2) is 42.1 Å². The van der Waals surface area contributed by atoms with E-state index in [9.17, 15) is 0 Å². The first-order valence-corrected chi connectivity index (χ1v) is 7.44. The first-order valence-electron chi connectivity index (χ1n) is 6.29. The first-order chi connectivity index (χ1) is 7.25. The molecule has 2 N–H and O–H groups in total. The van der Waals surface area contributed by atoms with Crippen molar-refractivity contribution in [3.8, 4) is 0 Å². The van der Waals surface area contributed by atoms with E-state index in [2.05, 4.69) is 30.6 Å². The van der Waals surface area contributed by atoms with E-state index < -0.39 is 0 Å². The third-order valence-corrected chi connectivity index (χ3v) is 4.38. The molecule has 0 aromatic heterocycles. The highest BCUT2D eigenvalue weighted by molar-refractivity contribution is 7.99. The van der Waals surface area contributed by atoms with Crippen LogP contribution in [0.3, 0.4) is 0 Å². The second kappa shape index (κ2) is 7.53. The molecule has 2 atom stereocenters. The van der Waals surface area contributed by atoms with Gasteiger partial charge in [-0.3, -0.25) is 0 Å². The smallest absolute Gasteiger partial charge is 0.0335 e. The number of hydrogen-bond acceptors (Lipinski definition) is 3. The van der Waals surface area contributed by atoms with Crippen molar-refractivity contribution in [3.63, 3.8) is 0 Å². The van der Waals surface area contributed by atoms with Crippen LogP contribution in [0, 0.1) is 0 Å². The third kappa shape index (κ3) is 4.75. The van der Waals surface area contributed by atoms with Crippen LogP contribution >= 0.6 is 11.8 Å². The molecule has 2 unspecified atom stereocenters. The summed E-state index contributed by atoms with van der Waals surface area (Å²) in [5, 5.41) is 0. The van der Waals surface area contributed by atoms with E-state index in [-0.39, 0.29) is 0 Å². The molecule has 1 aliphatic heterocycles. The highest BCUT2D eigenvalue weighted by atomic mass is 32.2. The zero-order valence-corrected chi connectivity index (χ0v) is 11.1. The van der Waals surface area contributed by atoms with Crippen molar-refractivity contribution in [2.75, 3.05) is 25.1 Å². The fourth-order valence-corrected chi connectivity index (χ4v) is 3.48. The minimum absolute atomic E-state index is 0.389. The molecule has 90 valence electrons. The summed E-state index contributed by atoms with van der Waals surface area (Å²) in [6, 6.07) is 1.00. The third-order valence-electron chi connectivity index (χ3n) is 3.33. The predicted molar refractivity (Wildman–Crippen MR) is 70.5 cm³/mol. The molecular formula is C12H26N2S. The van der Waals surface area contributed by atoms with Gasteiger partial charge in [0.2, 0.25) is 0 Å². The van der Waals surface area contributed by atoms with Crippen LogP contribution in [0.4, 0.5) is 0 Å². The zero-order valence-electron chi connectivity index (χ0n) is 10.2. The Balaban J connectivity index is 2.16. The number of likely N-dealkylation sites (N-methyl/N-ethyl adjacent to an activating group) is 1. The summed E-state index contributed by atoms with van der Waals surface area (Å²) in [5.41, 5.74) is 6.27. The summed E-state index contributed by atoms with van der Waals surface area (Å²) in [7, 11) is 2.22. The van der Waals surface area contributed by atoms with Crippen LogP contribution in [0.25, 0.3) is 0 Å². The monoisotopic (exact) mass is 230 g/mol. The van der Waals surface area contributed by atoms with Gasteiger partial charge in [-0.15, -0.1) is 0 Å². The lowest BCUT2D eigenvalue weighted by Gasteiger charge is -2.36. The van der Waals surface area contributed by atoms with Gasteiger partial charge >= 0.3 is 0 Å². The van der Waals surface area contributed by atoms with Crippen molar-refractivity contribution in [3.05, 3.63) is 0 Å². The van der Waals surface area contributed by atoms with E-state index in [1.54, 1.807) is 0 Å². The van der Waals surface area contributed by atoms with E-state index in [0.717, 1.165) is 0 Å². The van der Waals surface area contributed by atoms with Crippen molar-refractivity contribution >= 4 is 11.8 Å². The van der Waals surface area contributed by atoms with E-state index in [0.29, 0.717) is 12.1 Å². The van der Waals surface area contributed by atoms with Gasteiger partial charge in [-0.25, -0.2) is 0 Å². The highest BCUT2D eigenvalue weighted by Gasteiger charge is 2.24. The number of hydrogen-bond donors (Lipinski definition) is 1. The summed E-state index contributed by atoms with van der Waals surface area (Å²) < 4.78 is 0. The van der Waals surface area contributed by atoms with Crippen molar-refractivity contribution in [1.29, 1.82) is 0 Å². The minimum Gasteiger partial charge on any atom is -0.326 e. The summed E-state index contributed by atoms with van der Waals surface area (Å²) in [6.45, 7) is 3.46. The van der Waals surface area contributed by atoms with Gasteiger partial charge in [-0.2, -0.15) is 11.8 Å². The normalized spacial score (nSPS) is 25.4. The molecule has 15 heavy (non-hydrogen) atoms. The van der Waals surface area contributed by atoms with Crippen LogP contribution < -0.4 is 5.73 Å². The number of nitrogens with two attached hydrogens (primary N) is 1. The molecule has 0 aliphatic carbocycles. The standard InChI is InChI=1S/C12H26N2S/c1-3-4-5-6-7-11(13)12-10-15-9-8-14(12)2/h11-12H,3-10,13H2,1-2H3. The molecule has 0 aromatic rings. The van der Waals surface area contributed by atoms with Crippen LogP contribution in [0.2, 0.25) is 0 Å². The largest absolute Gasteiger partial charge is 0.326 e. The second-order valence-corrected chi connectivity index (χ2v) is 5.79. The molecule has 1 saturated heterocycles. The van der Waals surface area contributed by atoms with E-state index in [1.807, 2.05) is 0 Å². The SMILES string of the molecule is CCCCCCC(N)C1CSCCN1C. The summed E-state index contributed by atoms with van der Waals surface area (Å²) in [5.74, 6) is 2.50. The van der Waals surface area contributed by atoms with Crippen molar-refractivity contribution < 1.29 is 0 Å². The van der Waals surface area contributed by atoms with Gasteiger partial charge in [0.25, 0.3) is 0 Å². The lowest BCUT2D eigenvalue weighted by molar-refractivity contribution is 0.228. The maximum atomic E-state index is 6.27. The number of unbranched alkanes of at least 4 members (excludes halogenated alkanes) is 3. The Hall–Kier alpha value is 0.270. The van der Waals surface area contributed by atoms with Gasteiger partial charge in [0, 0.05) is 30.1 Å². The quantitative estimate of drug-likeness (QED) is 0.710. The average molecular weight is 230 g/mol. The van der Waals surface area contributed by atoms with Gasteiger partial charge in [-0.05, 0) is 13.5 Å². The molecule has 1 fully saturated rings. The summed E-state index contributed by atoms with van der Waals surface area (Å²) in [6.07, 6.45) is 6.55. The molecule has 0 saturated carbocycles. The maximum absolute atomic E-state index is 6.27. The van der Waals surface area contributed by atoms with Crippen molar-refractivity contribution in [2.45, 2.75) is 51.1 Å². The maximum Gasteiger partial charge on any atom is 0.0335 e. The lowest BCUT2D eigenvalue weighted by atomic mass is 10.0. The summed E-state index contributed by atoms with van der Waals surface area (Å²) in [4.78, 5) is 2.45. The van der Waals surface area contributed by atoms with Gasteiger partial charge < -0.3 is 10.6 Å². The van der Waals surface area contributed by atoms with Gasteiger partial charge in [-0.1, -0.05) is 32.6 Å². The Bertz CT molecular complexity index is 164. The molecule has 0 bridgehead atoms.